The number of benzene rings is 2. The maximum atomic E-state index is 13.1. The number of rotatable bonds is 9. The van der Waals surface area contributed by atoms with Crippen molar-refractivity contribution in [2.75, 3.05) is 26.7 Å². The van der Waals surface area contributed by atoms with Crippen molar-refractivity contribution in [1.82, 2.24) is 9.62 Å². The Morgan fingerprint density at radius 2 is 1.84 bits per heavy atom. The molecule has 0 aliphatic carbocycles. The molecule has 0 radical (unpaired) electrons. The predicted molar refractivity (Wildman–Crippen MR) is 122 cm³/mol. The van der Waals surface area contributed by atoms with Gasteiger partial charge in [-0.1, -0.05) is 42.8 Å². The summed E-state index contributed by atoms with van der Waals surface area (Å²) in [5, 5.41) is 2.87. The Kier molecular flexibility index (Phi) is 8.26. The Hall–Kier alpha value is -2.64. The molecule has 2 aromatic rings. The molecular weight excluding hydrogens is 412 g/mol. The van der Waals surface area contributed by atoms with Crippen molar-refractivity contribution >= 4 is 22.0 Å². The molecule has 0 aromatic heterocycles. The highest BCUT2D eigenvalue weighted by Crippen LogP contribution is 2.29. The first-order valence-corrected chi connectivity index (χ1v) is 12.1. The minimum Gasteiger partial charge on any atom is -0.495 e. The van der Waals surface area contributed by atoms with E-state index in [2.05, 4.69) is 17.4 Å². The summed E-state index contributed by atoms with van der Waals surface area (Å²) >= 11 is 0. The average Bonchev–Trinajstić information content (AvgIpc) is 2.81. The number of amides is 1. The number of ether oxygens (including phenoxy) is 1. The van der Waals surface area contributed by atoms with Gasteiger partial charge in [0.2, 0.25) is 15.9 Å². The van der Waals surface area contributed by atoms with Crippen LogP contribution in [0.15, 0.2) is 59.5 Å². The average molecular weight is 443 g/mol. The lowest BCUT2D eigenvalue weighted by Gasteiger charge is -2.26. The lowest BCUT2D eigenvalue weighted by Crippen LogP contribution is -2.35. The molecule has 1 saturated heterocycles. The van der Waals surface area contributed by atoms with E-state index < -0.39 is 10.0 Å². The van der Waals surface area contributed by atoms with Gasteiger partial charge in [-0.2, -0.15) is 4.31 Å². The van der Waals surface area contributed by atoms with Crippen molar-refractivity contribution in [2.45, 2.75) is 37.0 Å². The number of aryl methyl sites for hydroxylation is 1. The maximum Gasteiger partial charge on any atom is 0.246 e. The zero-order valence-electron chi connectivity index (χ0n) is 17.9. The molecule has 0 atom stereocenters. The Balaban J connectivity index is 1.61. The van der Waals surface area contributed by atoms with Crippen LogP contribution in [0, 0.1) is 0 Å². The molecule has 0 saturated carbocycles. The van der Waals surface area contributed by atoms with Crippen molar-refractivity contribution in [1.29, 1.82) is 0 Å². The van der Waals surface area contributed by atoms with E-state index in [1.807, 2.05) is 18.2 Å². The third kappa shape index (κ3) is 6.42. The zero-order chi connectivity index (χ0) is 22.1. The molecule has 2 aromatic carbocycles. The van der Waals surface area contributed by atoms with Gasteiger partial charge < -0.3 is 10.1 Å². The van der Waals surface area contributed by atoms with Crippen LogP contribution in [0.2, 0.25) is 0 Å². The third-order valence-electron chi connectivity index (χ3n) is 5.33. The molecule has 31 heavy (non-hydrogen) atoms. The van der Waals surface area contributed by atoms with E-state index in [4.69, 9.17) is 4.74 Å². The van der Waals surface area contributed by atoms with Crippen LogP contribution in [0.5, 0.6) is 5.75 Å². The second kappa shape index (κ2) is 11.1. The molecule has 1 aliphatic rings. The maximum absolute atomic E-state index is 13.1. The van der Waals surface area contributed by atoms with Crippen LogP contribution in [0.1, 0.15) is 36.8 Å². The van der Waals surface area contributed by atoms with Gasteiger partial charge in [-0.15, -0.1) is 0 Å². The van der Waals surface area contributed by atoms with Crippen molar-refractivity contribution in [3.8, 4) is 5.75 Å². The lowest BCUT2D eigenvalue weighted by atomic mass is 10.1. The molecule has 6 nitrogen and oxygen atoms in total. The van der Waals surface area contributed by atoms with E-state index in [1.54, 1.807) is 24.3 Å². The van der Waals surface area contributed by atoms with Gasteiger partial charge in [0.25, 0.3) is 0 Å². The van der Waals surface area contributed by atoms with Gasteiger partial charge in [0.05, 0.1) is 7.11 Å². The lowest BCUT2D eigenvalue weighted by molar-refractivity contribution is -0.116. The summed E-state index contributed by atoms with van der Waals surface area (Å²) < 4.78 is 33.0. The smallest absolute Gasteiger partial charge is 0.246 e. The van der Waals surface area contributed by atoms with Crippen LogP contribution in [0.4, 0.5) is 0 Å². The van der Waals surface area contributed by atoms with E-state index in [0.717, 1.165) is 32.1 Å². The van der Waals surface area contributed by atoms with E-state index in [9.17, 15) is 13.2 Å². The van der Waals surface area contributed by atoms with Crippen LogP contribution in [0.3, 0.4) is 0 Å². The molecule has 0 spiro atoms. The van der Waals surface area contributed by atoms with Crippen LogP contribution >= 0.6 is 0 Å². The standard InChI is InChI=1S/C24H30N2O4S/c1-30-22-14-12-21(19-23(22)31(28,29)26-17-6-3-7-18-26)13-15-24(27)25-16-8-11-20-9-4-2-5-10-20/h2,4-5,9-10,12-15,19H,3,6-8,11,16-18H2,1H3,(H,25,27)/b15-13+. The van der Waals surface area contributed by atoms with Gasteiger partial charge in [-0.3, -0.25) is 4.79 Å². The summed E-state index contributed by atoms with van der Waals surface area (Å²) in [6.07, 6.45) is 7.59. The molecule has 3 rings (SSSR count). The van der Waals surface area contributed by atoms with Gasteiger partial charge in [-0.25, -0.2) is 8.42 Å². The fraction of sp³-hybridized carbons (Fsp3) is 0.375. The molecule has 1 N–H and O–H groups in total. The van der Waals surface area contributed by atoms with Crippen molar-refractivity contribution in [3.05, 3.63) is 65.7 Å². The van der Waals surface area contributed by atoms with Crippen LogP contribution in [-0.2, 0) is 21.2 Å². The minimum absolute atomic E-state index is 0.141. The predicted octanol–water partition coefficient (Wildman–Crippen LogP) is 3.63. The Bertz CT molecular complexity index is 997. The topological polar surface area (TPSA) is 75.7 Å². The number of carbonyl (C=O) groups is 1. The van der Waals surface area contributed by atoms with Gasteiger partial charge in [0.15, 0.2) is 0 Å². The Morgan fingerprint density at radius 1 is 1.10 bits per heavy atom. The van der Waals surface area contributed by atoms with E-state index >= 15 is 0 Å². The highest BCUT2D eigenvalue weighted by atomic mass is 32.2. The fourth-order valence-corrected chi connectivity index (χ4v) is 5.33. The second-order valence-electron chi connectivity index (χ2n) is 7.59. The Morgan fingerprint density at radius 3 is 2.55 bits per heavy atom. The summed E-state index contributed by atoms with van der Waals surface area (Å²) in [5.74, 6) is 0.109. The molecule has 166 valence electrons. The second-order valence-corrected chi connectivity index (χ2v) is 9.49. The summed E-state index contributed by atoms with van der Waals surface area (Å²) in [6, 6.07) is 15.1. The number of hydrogen-bond donors (Lipinski definition) is 1. The van der Waals surface area contributed by atoms with E-state index in [1.165, 1.54) is 23.1 Å². The largest absolute Gasteiger partial charge is 0.495 e. The number of nitrogens with zero attached hydrogens (tertiary/aromatic N) is 1. The molecule has 1 amide bonds. The zero-order valence-corrected chi connectivity index (χ0v) is 18.7. The highest BCUT2D eigenvalue weighted by Gasteiger charge is 2.28. The van der Waals surface area contributed by atoms with Crippen molar-refractivity contribution < 1.29 is 17.9 Å². The quantitative estimate of drug-likeness (QED) is 0.475. The number of nitrogens with one attached hydrogen (secondary N) is 1. The highest BCUT2D eigenvalue weighted by molar-refractivity contribution is 7.89. The SMILES string of the molecule is COc1ccc(/C=C/C(=O)NCCCc2ccccc2)cc1S(=O)(=O)N1CCCCC1. The van der Waals surface area contributed by atoms with Crippen LogP contribution < -0.4 is 10.1 Å². The van der Waals surface area contributed by atoms with E-state index in [0.29, 0.717) is 30.9 Å². The molecule has 0 unspecified atom stereocenters. The van der Waals surface area contributed by atoms with Crippen molar-refractivity contribution in [3.63, 3.8) is 0 Å². The summed E-state index contributed by atoms with van der Waals surface area (Å²) in [6.45, 7) is 1.63. The summed E-state index contributed by atoms with van der Waals surface area (Å²) in [7, 11) is -2.17. The van der Waals surface area contributed by atoms with Gasteiger partial charge in [-0.05, 0) is 55.0 Å². The molecule has 0 bridgehead atoms. The fourth-order valence-electron chi connectivity index (χ4n) is 3.62. The van der Waals surface area contributed by atoms with Crippen LogP contribution in [0.25, 0.3) is 6.08 Å². The summed E-state index contributed by atoms with van der Waals surface area (Å²) in [4.78, 5) is 12.3. The van der Waals surface area contributed by atoms with Gasteiger partial charge in [0, 0.05) is 25.7 Å². The number of sulfonamides is 1. The number of carbonyl (C=O) groups excluding carboxylic acids is 1. The van der Waals surface area contributed by atoms with E-state index in [-0.39, 0.29) is 10.8 Å². The monoisotopic (exact) mass is 442 g/mol. The molecule has 1 heterocycles. The van der Waals surface area contributed by atoms with Gasteiger partial charge in [0.1, 0.15) is 10.6 Å². The molecule has 7 heteroatoms. The molecule has 1 aliphatic heterocycles. The first-order chi connectivity index (χ1) is 15.0. The third-order valence-corrected chi connectivity index (χ3v) is 7.25. The number of piperidine rings is 1. The minimum atomic E-state index is -3.64. The normalized spacial score (nSPS) is 15.1. The Labute approximate surface area is 185 Å². The first-order valence-electron chi connectivity index (χ1n) is 10.7. The number of methoxy groups -OCH3 is 1. The van der Waals surface area contributed by atoms with Gasteiger partial charge >= 0.3 is 0 Å². The number of hydrogen-bond acceptors (Lipinski definition) is 4. The summed E-state index contributed by atoms with van der Waals surface area (Å²) in [5.41, 5.74) is 1.88. The van der Waals surface area contributed by atoms with Crippen LogP contribution in [-0.4, -0.2) is 45.4 Å². The molecule has 1 fully saturated rings. The first kappa shape index (κ1) is 23.0. The van der Waals surface area contributed by atoms with Crippen molar-refractivity contribution in [2.24, 2.45) is 0 Å². The molecular formula is C24H30N2O4S.